The van der Waals surface area contributed by atoms with Gasteiger partial charge < -0.3 is 9.80 Å². The lowest BCUT2D eigenvalue weighted by atomic mass is 9.95. The highest BCUT2D eigenvalue weighted by atomic mass is 19.1. The van der Waals surface area contributed by atoms with E-state index < -0.39 is 0 Å². The molecule has 1 atom stereocenters. The standard InChI is InChI=1S/C24H24FN7O/c1-2-20(17-6-4-3-5-7-17)24(33)31-14-12-30(13-15-31)22-21-23(27-16-26-22)32(29-28-21)19-10-8-18(25)9-11-19/h3-11,16,20H,2,12-15H2,1H3/t20-/m0/s1. The van der Waals surface area contributed by atoms with Crippen molar-refractivity contribution < 1.29 is 9.18 Å². The first kappa shape index (κ1) is 21.0. The van der Waals surface area contributed by atoms with E-state index in [0.717, 1.165) is 12.0 Å². The van der Waals surface area contributed by atoms with Crippen molar-refractivity contribution >= 4 is 22.9 Å². The highest BCUT2D eigenvalue weighted by Crippen LogP contribution is 2.26. The molecule has 2 aromatic heterocycles. The van der Waals surface area contributed by atoms with Crippen LogP contribution in [0.5, 0.6) is 0 Å². The molecule has 4 aromatic rings. The van der Waals surface area contributed by atoms with E-state index in [2.05, 4.69) is 25.2 Å². The van der Waals surface area contributed by atoms with E-state index in [1.165, 1.54) is 18.5 Å². The van der Waals surface area contributed by atoms with Crippen LogP contribution >= 0.6 is 0 Å². The van der Waals surface area contributed by atoms with Crippen LogP contribution in [0.1, 0.15) is 24.8 Å². The van der Waals surface area contributed by atoms with Crippen LogP contribution in [-0.4, -0.2) is 61.9 Å². The van der Waals surface area contributed by atoms with E-state index in [0.29, 0.717) is 48.8 Å². The van der Waals surface area contributed by atoms with Gasteiger partial charge in [0.1, 0.15) is 12.1 Å². The Bertz CT molecular complexity index is 1250. The Morgan fingerprint density at radius 2 is 1.73 bits per heavy atom. The first-order valence-corrected chi connectivity index (χ1v) is 11.1. The van der Waals surface area contributed by atoms with Crippen LogP contribution in [0.3, 0.4) is 0 Å². The molecule has 2 aromatic carbocycles. The fourth-order valence-electron chi connectivity index (χ4n) is 4.32. The number of amides is 1. The number of piperazine rings is 1. The van der Waals surface area contributed by atoms with Crippen molar-refractivity contribution in [2.45, 2.75) is 19.3 Å². The number of aromatic nitrogens is 5. The quantitative estimate of drug-likeness (QED) is 0.469. The second-order valence-electron chi connectivity index (χ2n) is 8.03. The second-order valence-corrected chi connectivity index (χ2v) is 8.03. The van der Waals surface area contributed by atoms with Gasteiger partial charge in [0.25, 0.3) is 0 Å². The maximum Gasteiger partial charge on any atom is 0.230 e. The summed E-state index contributed by atoms with van der Waals surface area (Å²) in [5, 5.41) is 8.51. The van der Waals surface area contributed by atoms with Gasteiger partial charge in [-0.1, -0.05) is 42.5 Å². The van der Waals surface area contributed by atoms with Crippen LogP contribution < -0.4 is 4.90 Å². The number of benzene rings is 2. The van der Waals surface area contributed by atoms with E-state index in [9.17, 15) is 9.18 Å². The van der Waals surface area contributed by atoms with Gasteiger partial charge in [-0.25, -0.2) is 14.4 Å². The highest BCUT2D eigenvalue weighted by molar-refractivity contribution is 5.85. The van der Waals surface area contributed by atoms with Gasteiger partial charge in [0, 0.05) is 26.2 Å². The molecule has 1 aliphatic rings. The van der Waals surface area contributed by atoms with Crippen molar-refractivity contribution in [1.29, 1.82) is 0 Å². The summed E-state index contributed by atoms with van der Waals surface area (Å²) in [6.45, 7) is 4.56. The molecule has 0 aliphatic carbocycles. The molecule has 0 bridgehead atoms. The number of fused-ring (bicyclic) bond motifs is 1. The molecule has 0 spiro atoms. The van der Waals surface area contributed by atoms with Crippen LogP contribution in [0.15, 0.2) is 60.9 Å². The molecule has 9 heteroatoms. The number of hydrogen-bond acceptors (Lipinski definition) is 6. The normalized spacial score (nSPS) is 15.1. The van der Waals surface area contributed by atoms with E-state index in [1.807, 2.05) is 42.2 Å². The number of hydrogen-bond donors (Lipinski definition) is 0. The number of carbonyl (C=O) groups excluding carboxylic acids is 1. The molecule has 0 radical (unpaired) electrons. The Kier molecular flexibility index (Phi) is 5.68. The van der Waals surface area contributed by atoms with Crippen LogP contribution in [0.2, 0.25) is 0 Å². The molecule has 5 rings (SSSR count). The number of carbonyl (C=O) groups is 1. The summed E-state index contributed by atoms with van der Waals surface area (Å²) in [6.07, 6.45) is 2.25. The van der Waals surface area contributed by atoms with E-state index in [1.54, 1.807) is 16.8 Å². The van der Waals surface area contributed by atoms with Gasteiger partial charge in [-0.15, -0.1) is 5.10 Å². The summed E-state index contributed by atoms with van der Waals surface area (Å²) < 4.78 is 14.9. The number of anilines is 1. The predicted molar refractivity (Wildman–Crippen MR) is 123 cm³/mol. The molecule has 0 N–H and O–H groups in total. The maximum absolute atomic E-state index is 13.3. The molecule has 1 saturated heterocycles. The molecule has 1 aliphatic heterocycles. The molecule has 0 saturated carbocycles. The Morgan fingerprint density at radius 3 is 2.42 bits per heavy atom. The summed E-state index contributed by atoms with van der Waals surface area (Å²) in [6, 6.07) is 16.0. The third kappa shape index (κ3) is 4.02. The Balaban J connectivity index is 1.33. The number of nitrogens with zero attached hydrogens (tertiary/aromatic N) is 7. The molecule has 3 heterocycles. The van der Waals surface area contributed by atoms with Gasteiger partial charge in [0.05, 0.1) is 11.6 Å². The third-order valence-electron chi connectivity index (χ3n) is 6.09. The zero-order valence-corrected chi connectivity index (χ0v) is 18.3. The zero-order valence-electron chi connectivity index (χ0n) is 18.3. The van der Waals surface area contributed by atoms with Crippen LogP contribution in [-0.2, 0) is 4.79 Å². The smallest absolute Gasteiger partial charge is 0.230 e. The van der Waals surface area contributed by atoms with E-state index >= 15 is 0 Å². The van der Waals surface area contributed by atoms with Gasteiger partial charge in [-0.2, -0.15) is 4.68 Å². The largest absolute Gasteiger partial charge is 0.351 e. The Labute approximate surface area is 190 Å². The molecule has 1 amide bonds. The zero-order chi connectivity index (χ0) is 22.8. The monoisotopic (exact) mass is 445 g/mol. The van der Waals surface area contributed by atoms with Crippen molar-refractivity contribution in [3.63, 3.8) is 0 Å². The minimum Gasteiger partial charge on any atom is -0.351 e. The molecule has 8 nitrogen and oxygen atoms in total. The van der Waals surface area contributed by atoms with Gasteiger partial charge >= 0.3 is 0 Å². The second kappa shape index (κ2) is 8.93. The minimum absolute atomic E-state index is 0.126. The Morgan fingerprint density at radius 1 is 1.00 bits per heavy atom. The van der Waals surface area contributed by atoms with Crippen molar-refractivity contribution in [3.05, 3.63) is 72.3 Å². The molecular formula is C24H24FN7O. The van der Waals surface area contributed by atoms with Gasteiger partial charge in [0.2, 0.25) is 5.91 Å². The van der Waals surface area contributed by atoms with Gasteiger partial charge in [-0.3, -0.25) is 4.79 Å². The lowest BCUT2D eigenvalue weighted by molar-refractivity contribution is -0.133. The average molecular weight is 446 g/mol. The molecule has 168 valence electrons. The maximum atomic E-state index is 13.3. The minimum atomic E-state index is -0.316. The number of halogens is 1. The fourth-order valence-corrected chi connectivity index (χ4v) is 4.32. The van der Waals surface area contributed by atoms with Crippen molar-refractivity contribution in [2.75, 3.05) is 31.1 Å². The summed E-state index contributed by atoms with van der Waals surface area (Å²) in [7, 11) is 0. The summed E-state index contributed by atoms with van der Waals surface area (Å²) >= 11 is 0. The summed E-state index contributed by atoms with van der Waals surface area (Å²) in [5.74, 6) is 0.414. The SMILES string of the molecule is CC[C@H](C(=O)N1CCN(c2ncnc3c2nnn3-c2ccc(F)cc2)CC1)c1ccccc1. The third-order valence-corrected chi connectivity index (χ3v) is 6.09. The van der Waals surface area contributed by atoms with Crippen molar-refractivity contribution in [3.8, 4) is 5.69 Å². The molecule has 1 fully saturated rings. The van der Waals surface area contributed by atoms with Gasteiger partial charge in [0.15, 0.2) is 17.0 Å². The van der Waals surface area contributed by atoms with Crippen molar-refractivity contribution in [2.24, 2.45) is 0 Å². The van der Waals surface area contributed by atoms with Crippen LogP contribution in [0, 0.1) is 5.82 Å². The molecule has 0 unspecified atom stereocenters. The fraction of sp³-hybridized carbons (Fsp3) is 0.292. The van der Waals surface area contributed by atoms with Crippen LogP contribution in [0.25, 0.3) is 16.9 Å². The summed E-state index contributed by atoms with van der Waals surface area (Å²) in [5.41, 5.74) is 2.87. The van der Waals surface area contributed by atoms with Crippen LogP contribution in [0.4, 0.5) is 10.2 Å². The topological polar surface area (TPSA) is 80.0 Å². The Hall–Kier alpha value is -3.88. The molecule has 33 heavy (non-hydrogen) atoms. The first-order chi connectivity index (χ1) is 16.2. The lowest BCUT2D eigenvalue weighted by Crippen LogP contribution is -2.50. The van der Waals surface area contributed by atoms with Crippen molar-refractivity contribution in [1.82, 2.24) is 29.9 Å². The number of rotatable bonds is 5. The highest BCUT2D eigenvalue weighted by Gasteiger charge is 2.29. The average Bonchev–Trinajstić information content (AvgIpc) is 3.30. The first-order valence-electron chi connectivity index (χ1n) is 11.1. The van der Waals surface area contributed by atoms with E-state index in [4.69, 9.17) is 0 Å². The predicted octanol–water partition coefficient (Wildman–Crippen LogP) is 3.19. The molecular weight excluding hydrogens is 421 g/mol. The lowest BCUT2D eigenvalue weighted by Gasteiger charge is -2.37. The van der Waals surface area contributed by atoms with E-state index in [-0.39, 0.29) is 17.6 Å². The summed E-state index contributed by atoms with van der Waals surface area (Å²) in [4.78, 5) is 26.1. The van der Waals surface area contributed by atoms with Gasteiger partial charge in [-0.05, 0) is 36.2 Å².